The summed E-state index contributed by atoms with van der Waals surface area (Å²) < 4.78 is 0. The monoisotopic (exact) mass is 156 g/mol. The Hall–Kier alpha value is -1.59. The van der Waals surface area contributed by atoms with Gasteiger partial charge < -0.3 is 17.3 Å². The summed E-state index contributed by atoms with van der Waals surface area (Å²) in [5, 5.41) is 3.09. The molecule has 0 spiro atoms. The predicted molar refractivity (Wildman–Crippen MR) is 46.2 cm³/mol. The molecule has 6 heteroatoms. The molecule has 0 heterocycles. The maximum Gasteiger partial charge on any atom is 0.240 e. The molecule has 6 nitrogen and oxygen atoms in total. The van der Waals surface area contributed by atoms with E-state index in [0.717, 1.165) is 6.42 Å². The molecule has 0 atom stereocenters. The molecule has 0 rings (SSSR count). The van der Waals surface area contributed by atoms with E-state index in [2.05, 4.69) is 15.1 Å². The molecule has 0 unspecified atom stereocenters. The molecule has 0 radical (unpaired) electrons. The molecule has 0 aromatic carbocycles. The third kappa shape index (κ3) is 4.89. The van der Waals surface area contributed by atoms with E-state index in [4.69, 9.17) is 17.3 Å². The van der Waals surface area contributed by atoms with Crippen molar-refractivity contribution in [2.24, 2.45) is 32.4 Å². The minimum absolute atomic E-state index is 0.0542. The van der Waals surface area contributed by atoms with Gasteiger partial charge in [0, 0.05) is 6.21 Å². The Labute approximate surface area is 64.9 Å². The molecule has 0 amide bonds. The van der Waals surface area contributed by atoms with Gasteiger partial charge in [-0.1, -0.05) is 6.92 Å². The van der Waals surface area contributed by atoms with Crippen molar-refractivity contribution >= 4 is 18.1 Å². The molecule has 0 aliphatic heterocycles. The van der Waals surface area contributed by atoms with Crippen LogP contribution in [0.4, 0.5) is 0 Å². The smallest absolute Gasteiger partial charge is 0.240 e. The highest BCUT2D eigenvalue weighted by atomic mass is 15.2. The molecule has 11 heavy (non-hydrogen) atoms. The van der Waals surface area contributed by atoms with Crippen LogP contribution in [0.1, 0.15) is 13.3 Å². The van der Waals surface area contributed by atoms with Gasteiger partial charge in [-0.25, -0.2) is 4.99 Å². The molecule has 0 fully saturated rings. The van der Waals surface area contributed by atoms with Crippen LogP contribution in [0.15, 0.2) is 15.1 Å². The Morgan fingerprint density at radius 2 is 2.00 bits per heavy atom. The van der Waals surface area contributed by atoms with Crippen molar-refractivity contribution in [3.8, 4) is 0 Å². The maximum atomic E-state index is 5.27. The van der Waals surface area contributed by atoms with Gasteiger partial charge in [0.05, 0.1) is 0 Å². The Bertz CT molecular complexity index is 191. The van der Waals surface area contributed by atoms with E-state index in [1.807, 2.05) is 6.92 Å². The van der Waals surface area contributed by atoms with Crippen molar-refractivity contribution in [1.82, 2.24) is 0 Å². The molecule has 0 bridgehead atoms. The summed E-state index contributed by atoms with van der Waals surface area (Å²) in [6.07, 6.45) is 2.40. The fraction of sp³-hybridized carbons (Fsp3) is 0.400. The molecular formula is C5H12N6. The van der Waals surface area contributed by atoms with Gasteiger partial charge >= 0.3 is 0 Å². The first-order chi connectivity index (χ1) is 5.20. The fourth-order valence-electron chi connectivity index (χ4n) is 0.360. The Balaban J connectivity index is 4.11. The first-order valence-electron chi connectivity index (χ1n) is 3.10. The number of guanidine groups is 2. The van der Waals surface area contributed by atoms with Crippen LogP contribution in [0.2, 0.25) is 0 Å². The average molecular weight is 156 g/mol. The molecule has 0 aliphatic carbocycles. The first-order valence-corrected chi connectivity index (χ1v) is 3.10. The third-order valence-corrected chi connectivity index (χ3v) is 0.768. The van der Waals surface area contributed by atoms with E-state index in [9.17, 15) is 0 Å². The summed E-state index contributed by atoms with van der Waals surface area (Å²) in [5.41, 5.74) is 10.4. The van der Waals surface area contributed by atoms with E-state index in [1.54, 1.807) is 6.21 Å². The van der Waals surface area contributed by atoms with Crippen molar-refractivity contribution in [1.29, 1.82) is 0 Å². The van der Waals surface area contributed by atoms with Crippen LogP contribution in [0.5, 0.6) is 0 Å². The number of nitrogens with zero attached hydrogens (tertiary/aromatic N) is 3. The maximum absolute atomic E-state index is 5.27. The van der Waals surface area contributed by atoms with Crippen LogP contribution in [-0.4, -0.2) is 18.1 Å². The quantitative estimate of drug-likeness (QED) is 0.195. The Morgan fingerprint density at radius 1 is 1.36 bits per heavy atom. The number of rotatable bonds is 1. The highest BCUT2D eigenvalue weighted by molar-refractivity contribution is 5.96. The second kappa shape index (κ2) is 5.21. The van der Waals surface area contributed by atoms with E-state index in [-0.39, 0.29) is 11.9 Å². The summed E-state index contributed by atoms with van der Waals surface area (Å²) in [6.45, 7) is 1.93. The summed E-state index contributed by atoms with van der Waals surface area (Å²) in [7, 11) is 0. The Kier molecular flexibility index (Phi) is 4.46. The lowest BCUT2D eigenvalue weighted by Gasteiger charge is -1.90. The highest BCUT2D eigenvalue weighted by Gasteiger charge is 1.87. The summed E-state index contributed by atoms with van der Waals surface area (Å²) in [6, 6.07) is 0. The van der Waals surface area contributed by atoms with E-state index < -0.39 is 0 Å². The number of hydrogen-bond donors (Lipinski definition) is 3. The first kappa shape index (κ1) is 9.41. The molecule has 0 saturated heterocycles. The van der Waals surface area contributed by atoms with Gasteiger partial charge in [0.15, 0.2) is 0 Å². The summed E-state index contributed by atoms with van der Waals surface area (Å²) in [5.74, 6) is 4.76. The number of nitrogens with two attached hydrogens (primary N) is 3. The van der Waals surface area contributed by atoms with Gasteiger partial charge in [0.2, 0.25) is 11.9 Å². The second-order valence-electron chi connectivity index (χ2n) is 1.68. The number of hydrazone groups is 1. The van der Waals surface area contributed by atoms with Crippen LogP contribution < -0.4 is 17.3 Å². The zero-order valence-corrected chi connectivity index (χ0v) is 6.36. The molecule has 0 aromatic rings. The lowest BCUT2D eigenvalue weighted by atomic mass is 10.5. The minimum Gasteiger partial charge on any atom is -0.368 e. The van der Waals surface area contributed by atoms with E-state index >= 15 is 0 Å². The van der Waals surface area contributed by atoms with E-state index in [0.29, 0.717) is 0 Å². The number of hydrogen-bond acceptors (Lipinski definition) is 2. The van der Waals surface area contributed by atoms with Crippen LogP contribution in [0, 0.1) is 0 Å². The van der Waals surface area contributed by atoms with Gasteiger partial charge in [-0.05, 0) is 6.42 Å². The molecule has 62 valence electrons. The van der Waals surface area contributed by atoms with Gasteiger partial charge in [-0.15, -0.1) is 5.10 Å². The van der Waals surface area contributed by atoms with Crippen molar-refractivity contribution in [2.45, 2.75) is 13.3 Å². The van der Waals surface area contributed by atoms with Gasteiger partial charge in [-0.2, -0.15) is 4.99 Å². The minimum atomic E-state index is -0.0873. The van der Waals surface area contributed by atoms with Crippen LogP contribution in [0.25, 0.3) is 0 Å². The molecule has 0 saturated carbocycles. The standard InChI is InChI=1S/C5H12N6/c1-2-3-9-4(6)10-5(7)11-8/h3H,2,8H2,1H3,(H4,6,7,10,11)/b9-3+. The predicted octanol–water partition coefficient (Wildman–Crippen LogP) is -1.03. The van der Waals surface area contributed by atoms with Crippen LogP contribution >= 0.6 is 0 Å². The summed E-state index contributed by atoms with van der Waals surface area (Å²) >= 11 is 0. The third-order valence-electron chi connectivity index (χ3n) is 0.768. The normalized spacial score (nSPS) is 14.3. The molecule has 0 aliphatic rings. The van der Waals surface area contributed by atoms with Gasteiger partial charge in [-0.3, -0.25) is 0 Å². The highest BCUT2D eigenvalue weighted by Crippen LogP contribution is 1.74. The fourth-order valence-corrected chi connectivity index (χ4v) is 0.360. The van der Waals surface area contributed by atoms with Crippen LogP contribution in [0.3, 0.4) is 0 Å². The van der Waals surface area contributed by atoms with Crippen molar-refractivity contribution in [3.05, 3.63) is 0 Å². The Morgan fingerprint density at radius 3 is 2.45 bits per heavy atom. The van der Waals surface area contributed by atoms with Crippen molar-refractivity contribution in [3.63, 3.8) is 0 Å². The molecule has 6 N–H and O–H groups in total. The van der Waals surface area contributed by atoms with Crippen LogP contribution in [-0.2, 0) is 0 Å². The average Bonchev–Trinajstić information content (AvgIpc) is 2.00. The lowest BCUT2D eigenvalue weighted by Crippen LogP contribution is -2.18. The molecular weight excluding hydrogens is 144 g/mol. The topological polar surface area (TPSA) is 115 Å². The largest absolute Gasteiger partial charge is 0.368 e. The van der Waals surface area contributed by atoms with E-state index in [1.165, 1.54) is 0 Å². The van der Waals surface area contributed by atoms with Crippen molar-refractivity contribution < 1.29 is 0 Å². The molecule has 0 aromatic heterocycles. The summed E-state index contributed by atoms with van der Waals surface area (Å²) in [4.78, 5) is 7.25. The van der Waals surface area contributed by atoms with Gasteiger partial charge in [0.25, 0.3) is 0 Å². The zero-order valence-electron chi connectivity index (χ0n) is 6.36. The SMILES string of the molecule is CC/C=N/C(N)=N\C(N)=N\N. The number of aliphatic imine (C=N–C) groups is 2. The zero-order chi connectivity index (χ0) is 8.69. The van der Waals surface area contributed by atoms with Crippen molar-refractivity contribution in [2.75, 3.05) is 0 Å². The van der Waals surface area contributed by atoms with Gasteiger partial charge in [0.1, 0.15) is 0 Å². The second-order valence-corrected chi connectivity index (χ2v) is 1.68. The lowest BCUT2D eigenvalue weighted by molar-refractivity contribution is 1.21.